The maximum Gasteiger partial charge on any atom is 0.411 e. The summed E-state index contributed by atoms with van der Waals surface area (Å²) in [4.78, 5) is 24.3. The number of nitrogens with one attached hydrogen (secondary N) is 2. The van der Waals surface area contributed by atoms with E-state index < -0.39 is 6.09 Å². The van der Waals surface area contributed by atoms with Crippen molar-refractivity contribution in [3.63, 3.8) is 0 Å². The van der Waals surface area contributed by atoms with Gasteiger partial charge in [-0.05, 0) is 60.7 Å². The lowest BCUT2D eigenvalue weighted by atomic mass is 10.0. The average Bonchev–Trinajstić information content (AvgIpc) is 3.33. The minimum Gasteiger partial charge on any atom is -0.464 e. The van der Waals surface area contributed by atoms with Crippen LogP contribution in [0.1, 0.15) is 23.1 Å². The molecule has 0 spiro atoms. The standard InChI is InChI=1S/C23H24N2O5/c1-28-8-9-29-23(27)25-19-7-3-6-18(13-19)24-22(26)12-17-14-30-21-11-16-5-2-4-15(16)10-20(17)21/h3,6-7,10-11,13-14H,2,4-5,8-9,12H2,1H3,(H,24,26)(H,25,27). The van der Waals surface area contributed by atoms with Gasteiger partial charge in [0.1, 0.15) is 12.2 Å². The molecule has 7 nitrogen and oxygen atoms in total. The van der Waals surface area contributed by atoms with Gasteiger partial charge in [-0.1, -0.05) is 6.07 Å². The molecule has 1 aliphatic carbocycles. The lowest BCUT2D eigenvalue weighted by molar-refractivity contribution is -0.115. The van der Waals surface area contributed by atoms with Crippen LogP contribution < -0.4 is 10.6 Å². The predicted octanol–water partition coefficient (Wildman–Crippen LogP) is 4.30. The van der Waals surface area contributed by atoms with Crippen molar-refractivity contribution >= 4 is 34.3 Å². The van der Waals surface area contributed by atoms with E-state index in [4.69, 9.17) is 13.9 Å². The first-order chi connectivity index (χ1) is 14.6. The van der Waals surface area contributed by atoms with E-state index in [1.807, 2.05) is 0 Å². The molecule has 0 radical (unpaired) electrons. The Morgan fingerprint density at radius 2 is 1.80 bits per heavy atom. The third-order valence-corrected chi connectivity index (χ3v) is 5.13. The van der Waals surface area contributed by atoms with Crippen LogP contribution in [-0.4, -0.2) is 32.3 Å². The summed E-state index contributed by atoms with van der Waals surface area (Å²) in [5.41, 5.74) is 5.51. The van der Waals surface area contributed by atoms with Gasteiger partial charge in [-0.25, -0.2) is 4.79 Å². The van der Waals surface area contributed by atoms with Crippen molar-refractivity contribution in [1.29, 1.82) is 0 Å². The first kappa shape index (κ1) is 20.0. The summed E-state index contributed by atoms with van der Waals surface area (Å²) in [6.45, 7) is 0.496. The fourth-order valence-electron chi connectivity index (χ4n) is 3.71. The normalized spacial score (nSPS) is 12.6. The Labute approximate surface area is 174 Å². The number of methoxy groups -OCH3 is 1. The number of hydrogen-bond acceptors (Lipinski definition) is 5. The number of carbonyl (C=O) groups is 2. The minimum absolute atomic E-state index is 0.155. The zero-order valence-electron chi connectivity index (χ0n) is 16.8. The molecule has 3 aromatic rings. The Kier molecular flexibility index (Phi) is 5.99. The third kappa shape index (κ3) is 4.63. The topological polar surface area (TPSA) is 89.8 Å². The van der Waals surface area contributed by atoms with Gasteiger partial charge in [0.2, 0.25) is 5.91 Å². The van der Waals surface area contributed by atoms with Gasteiger partial charge in [-0.3, -0.25) is 10.1 Å². The van der Waals surface area contributed by atoms with Crippen molar-refractivity contribution in [3.8, 4) is 0 Å². The molecule has 2 amide bonds. The molecule has 4 rings (SSSR count). The number of fused-ring (bicyclic) bond motifs is 2. The molecule has 0 fully saturated rings. The fourth-order valence-corrected chi connectivity index (χ4v) is 3.71. The van der Waals surface area contributed by atoms with E-state index in [2.05, 4.69) is 22.8 Å². The lowest BCUT2D eigenvalue weighted by Gasteiger charge is -2.09. The van der Waals surface area contributed by atoms with Crippen LogP contribution in [0, 0.1) is 0 Å². The molecule has 0 aliphatic heterocycles. The molecule has 0 saturated heterocycles. The first-order valence-electron chi connectivity index (χ1n) is 9.97. The molecule has 0 saturated carbocycles. The quantitative estimate of drug-likeness (QED) is 0.569. The molecule has 7 heteroatoms. The smallest absolute Gasteiger partial charge is 0.411 e. The molecule has 0 atom stereocenters. The van der Waals surface area contributed by atoms with E-state index in [0.717, 1.165) is 29.4 Å². The predicted molar refractivity (Wildman–Crippen MR) is 114 cm³/mol. The summed E-state index contributed by atoms with van der Waals surface area (Å²) in [6.07, 6.45) is 4.63. The summed E-state index contributed by atoms with van der Waals surface area (Å²) in [7, 11) is 1.53. The highest BCUT2D eigenvalue weighted by molar-refractivity contribution is 5.96. The third-order valence-electron chi connectivity index (χ3n) is 5.13. The van der Waals surface area contributed by atoms with Crippen molar-refractivity contribution in [2.24, 2.45) is 0 Å². The molecule has 2 aromatic carbocycles. The zero-order chi connectivity index (χ0) is 20.9. The van der Waals surface area contributed by atoms with Gasteiger partial charge in [-0.15, -0.1) is 0 Å². The second-order valence-corrected chi connectivity index (χ2v) is 7.29. The van der Waals surface area contributed by atoms with E-state index in [1.165, 1.54) is 24.7 Å². The number of ether oxygens (including phenoxy) is 2. The number of amides is 2. The number of anilines is 2. The van der Waals surface area contributed by atoms with Crippen LogP contribution in [0.25, 0.3) is 11.0 Å². The summed E-state index contributed by atoms with van der Waals surface area (Å²) in [5.74, 6) is -0.155. The second kappa shape index (κ2) is 9.00. The van der Waals surface area contributed by atoms with Crippen molar-refractivity contribution in [2.45, 2.75) is 25.7 Å². The Hall–Kier alpha value is -3.32. The SMILES string of the molecule is COCCOC(=O)Nc1cccc(NC(=O)Cc2coc3cc4c(cc23)CCC4)c1. The Balaban J connectivity index is 1.39. The Morgan fingerprint density at radius 1 is 1.03 bits per heavy atom. The molecule has 2 N–H and O–H groups in total. The van der Waals surface area contributed by atoms with E-state index in [-0.39, 0.29) is 18.9 Å². The highest BCUT2D eigenvalue weighted by atomic mass is 16.6. The largest absolute Gasteiger partial charge is 0.464 e. The number of benzene rings is 2. The van der Waals surface area contributed by atoms with E-state index >= 15 is 0 Å². The van der Waals surface area contributed by atoms with Gasteiger partial charge in [0.15, 0.2) is 0 Å². The molecule has 1 heterocycles. The van der Waals surface area contributed by atoms with Crippen molar-refractivity contribution in [1.82, 2.24) is 0 Å². The van der Waals surface area contributed by atoms with Gasteiger partial charge in [-0.2, -0.15) is 0 Å². The van der Waals surface area contributed by atoms with Crippen LogP contribution in [0.5, 0.6) is 0 Å². The van der Waals surface area contributed by atoms with Crippen molar-refractivity contribution in [3.05, 3.63) is 59.4 Å². The maximum absolute atomic E-state index is 12.6. The van der Waals surface area contributed by atoms with E-state index in [0.29, 0.717) is 18.0 Å². The number of hydrogen-bond donors (Lipinski definition) is 2. The van der Waals surface area contributed by atoms with Crippen LogP contribution in [-0.2, 0) is 33.5 Å². The Morgan fingerprint density at radius 3 is 2.60 bits per heavy atom. The van der Waals surface area contributed by atoms with Crippen molar-refractivity contribution in [2.75, 3.05) is 31.0 Å². The summed E-state index contributed by atoms with van der Waals surface area (Å²) < 4.78 is 15.5. The summed E-state index contributed by atoms with van der Waals surface area (Å²) in [5, 5.41) is 6.50. The number of furan rings is 1. The summed E-state index contributed by atoms with van der Waals surface area (Å²) >= 11 is 0. The number of carbonyl (C=O) groups excluding carboxylic acids is 2. The van der Waals surface area contributed by atoms with Crippen LogP contribution >= 0.6 is 0 Å². The average molecular weight is 408 g/mol. The van der Waals surface area contributed by atoms with Gasteiger partial charge in [0.25, 0.3) is 0 Å². The molecule has 1 aliphatic rings. The highest BCUT2D eigenvalue weighted by Gasteiger charge is 2.17. The molecular formula is C23H24N2O5. The molecule has 156 valence electrons. The lowest BCUT2D eigenvalue weighted by Crippen LogP contribution is -2.17. The number of rotatable bonds is 7. The monoisotopic (exact) mass is 408 g/mol. The highest BCUT2D eigenvalue weighted by Crippen LogP contribution is 2.30. The van der Waals surface area contributed by atoms with Gasteiger partial charge in [0, 0.05) is 29.4 Å². The summed E-state index contributed by atoms with van der Waals surface area (Å²) in [6, 6.07) is 11.2. The first-order valence-corrected chi connectivity index (χ1v) is 9.97. The molecule has 0 unspecified atom stereocenters. The molecule has 30 heavy (non-hydrogen) atoms. The van der Waals surface area contributed by atoms with Crippen LogP contribution in [0.3, 0.4) is 0 Å². The zero-order valence-corrected chi connectivity index (χ0v) is 16.8. The van der Waals surface area contributed by atoms with E-state index in [1.54, 1.807) is 30.5 Å². The van der Waals surface area contributed by atoms with E-state index in [9.17, 15) is 9.59 Å². The van der Waals surface area contributed by atoms with Gasteiger partial charge in [0.05, 0.1) is 19.3 Å². The number of aryl methyl sites for hydroxylation is 2. The van der Waals surface area contributed by atoms with Crippen molar-refractivity contribution < 1.29 is 23.5 Å². The van der Waals surface area contributed by atoms with Crippen LogP contribution in [0.2, 0.25) is 0 Å². The molecular weight excluding hydrogens is 384 g/mol. The van der Waals surface area contributed by atoms with Gasteiger partial charge < -0.3 is 19.2 Å². The second-order valence-electron chi connectivity index (χ2n) is 7.29. The molecule has 1 aromatic heterocycles. The minimum atomic E-state index is -0.576. The maximum atomic E-state index is 12.6. The Bertz CT molecular complexity index is 1070. The van der Waals surface area contributed by atoms with Crippen LogP contribution in [0.4, 0.5) is 16.2 Å². The van der Waals surface area contributed by atoms with Crippen LogP contribution in [0.15, 0.2) is 47.1 Å². The fraction of sp³-hybridized carbons (Fsp3) is 0.304. The molecule has 0 bridgehead atoms. The van der Waals surface area contributed by atoms with Gasteiger partial charge >= 0.3 is 6.09 Å².